The van der Waals surface area contributed by atoms with Crippen molar-refractivity contribution in [3.05, 3.63) is 52.8 Å². The zero-order valence-electron chi connectivity index (χ0n) is 21.1. The Morgan fingerprint density at radius 2 is 1.92 bits per heavy atom. The highest BCUT2D eigenvalue weighted by Crippen LogP contribution is 2.40. The van der Waals surface area contributed by atoms with Crippen LogP contribution in [0.1, 0.15) is 61.2 Å². The van der Waals surface area contributed by atoms with Crippen LogP contribution in [0.25, 0.3) is 10.9 Å². The van der Waals surface area contributed by atoms with Gasteiger partial charge in [0.25, 0.3) is 5.92 Å². The third-order valence-electron chi connectivity index (χ3n) is 6.15. The van der Waals surface area contributed by atoms with E-state index < -0.39 is 12.5 Å². The molecule has 3 aromatic rings. The Hall–Kier alpha value is -3.33. The number of alkyl halides is 2. The van der Waals surface area contributed by atoms with Crippen molar-refractivity contribution < 1.29 is 28.2 Å². The number of fused-ring (bicyclic) bond motifs is 1. The lowest BCUT2D eigenvalue weighted by molar-refractivity contribution is -0.107. The van der Waals surface area contributed by atoms with Crippen LogP contribution in [0.2, 0.25) is 0 Å². The molecule has 9 heteroatoms. The van der Waals surface area contributed by atoms with Gasteiger partial charge < -0.3 is 24.7 Å². The van der Waals surface area contributed by atoms with Crippen molar-refractivity contribution in [3.8, 4) is 11.5 Å². The first-order chi connectivity index (χ1) is 17.2. The van der Waals surface area contributed by atoms with E-state index in [-0.39, 0.29) is 11.6 Å². The number of nitrogens with one attached hydrogen (secondary N) is 1. The van der Waals surface area contributed by atoms with Crippen LogP contribution >= 0.6 is 0 Å². The molecule has 1 atom stereocenters. The molecule has 7 nitrogen and oxygen atoms in total. The van der Waals surface area contributed by atoms with Crippen molar-refractivity contribution in [2.24, 2.45) is 0 Å². The minimum atomic E-state index is -3.32. The van der Waals surface area contributed by atoms with Gasteiger partial charge >= 0.3 is 0 Å². The summed E-state index contributed by atoms with van der Waals surface area (Å²) in [6, 6.07) is 7.44. The Labute approximate surface area is 209 Å². The molecular weight excluding hydrogens is 468 g/mol. The quantitative estimate of drug-likeness (QED) is 0.235. The van der Waals surface area contributed by atoms with Gasteiger partial charge in [0.15, 0.2) is 11.5 Å². The summed E-state index contributed by atoms with van der Waals surface area (Å²) in [6.07, 6.45) is 4.70. The SMILES string of the molecule is COc1cc2c(N[C@H](C)c3cccc(C(F)(F)CO)c3)nc(C)nc2c(CCCCCC=O)c1OC. The normalized spacial score (nSPS) is 12.4. The lowest BCUT2D eigenvalue weighted by Crippen LogP contribution is -2.19. The van der Waals surface area contributed by atoms with Crippen LogP contribution < -0.4 is 14.8 Å². The highest BCUT2D eigenvalue weighted by molar-refractivity contribution is 5.94. The van der Waals surface area contributed by atoms with Crippen molar-refractivity contribution in [1.82, 2.24) is 9.97 Å². The number of aromatic nitrogens is 2. The number of hydrogen-bond donors (Lipinski definition) is 2. The van der Waals surface area contributed by atoms with Gasteiger partial charge in [0.1, 0.15) is 24.5 Å². The molecule has 1 heterocycles. The number of carbonyl (C=O) groups is 1. The average molecular weight is 502 g/mol. The molecule has 194 valence electrons. The minimum absolute atomic E-state index is 0.247. The van der Waals surface area contributed by atoms with Crippen molar-refractivity contribution in [2.75, 3.05) is 26.1 Å². The number of nitrogens with zero attached hydrogens (tertiary/aromatic N) is 2. The topological polar surface area (TPSA) is 93.6 Å². The Morgan fingerprint density at radius 3 is 2.58 bits per heavy atom. The number of unbranched alkanes of at least 4 members (excludes halogenated alkanes) is 3. The molecule has 0 aliphatic rings. The fourth-order valence-electron chi connectivity index (χ4n) is 4.24. The van der Waals surface area contributed by atoms with Gasteiger partial charge in [-0.05, 0) is 50.8 Å². The van der Waals surface area contributed by atoms with E-state index in [0.717, 1.165) is 42.0 Å². The van der Waals surface area contributed by atoms with Crippen LogP contribution in [0.3, 0.4) is 0 Å². The number of aryl methyl sites for hydroxylation is 2. The van der Waals surface area contributed by atoms with Crippen LogP contribution in [0.5, 0.6) is 11.5 Å². The summed E-state index contributed by atoms with van der Waals surface area (Å²) in [6.45, 7) is 2.39. The number of aldehydes is 1. The summed E-state index contributed by atoms with van der Waals surface area (Å²) in [7, 11) is 3.15. The van der Waals surface area contributed by atoms with Crippen LogP contribution in [-0.4, -0.2) is 42.2 Å². The van der Waals surface area contributed by atoms with Crippen molar-refractivity contribution in [2.45, 2.75) is 57.9 Å². The van der Waals surface area contributed by atoms with E-state index in [1.165, 1.54) is 12.1 Å². The number of methoxy groups -OCH3 is 2. The molecule has 0 saturated heterocycles. The van der Waals surface area contributed by atoms with Crippen molar-refractivity contribution in [1.29, 1.82) is 0 Å². The van der Waals surface area contributed by atoms with Crippen LogP contribution in [-0.2, 0) is 17.1 Å². The molecule has 2 aromatic carbocycles. The predicted molar refractivity (Wildman–Crippen MR) is 135 cm³/mol. The number of halogens is 2. The molecular formula is C27H33F2N3O4. The van der Waals surface area contributed by atoms with Gasteiger partial charge in [0.2, 0.25) is 0 Å². The Kier molecular flexibility index (Phi) is 9.14. The molecule has 0 saturated carbocycles. The van der Waals surface area contributed by atoms with Gasteiger partial charge in [-0.1, -0.05) is 24.6 Å². The molecule has 0 radical (unpaired) electrons. The second-order valence-corrected chi connectivity index (χ2v) is 8.73. The highest BCUT2D eigenvalue weighted by atomic mass is 19.3. The summed E-state index contributed by atoms with van der Waals surface area (Å²) in [4.78, 5) is 19.9. The van der Waals surface area contributed by atoms with Gasteiger partial charge in [-0.15, -0.1) is 0 Å². The van der Waals surface area contributed by atoms with E-state index in [9.17, 15) is 13.6 Å². The van der Waals surface area contributed by atoms with E-state index in [1.54, 1.807) is 33.3 Å². The number of benzene rings is 2. The fraction of sp³-hybridized carbons (Fsp3) is 0.444. The monoisotopic (exact) mass is 501 g/mol. The first kappa shape index (κ1) is 27.3. The molecule has 36 heavy (non-hydrogen) atoms. The highest BCUT2D eigenvalue weighted by Gasteiger charge is 2.31. The largest absolute Gasteiger partial charge is 0.493 e. The van der Waals surface area contributed by atoms with Gasteiger partial charge in [-0.25, -0.2) is 9.97 Å². The third-order valence-corrected chi connectivity index (χ3v) is 6.15. The fourth-order valence-corrected chi connectivity index (χ4v) is 4.24. The van der Waals surface area contributed by atoms with Gasteiger partial charge in [-0.3, -0.25) is 0 Å². The molecule has 1 aromatic heterocycles. The second-order valence-electron chi connectivity index (χ2n) is 8.73. The molecule has 0 aliphatic heterocycles. The Bertz CT molecular complexity index is 1200. The first-order valence-corrected chi connectivity index (χ1v) is 12.0. The molecule has 0 amide bonds. The number of aliphatic hydroxyl groups is 1. The maximum Gasteiger partial charge on any atom is 0.295 e. The summed E-state index contributed by atoms with van der Waals surface area (Å²) in [5, 5.41) is 13.1. The van der Waals surface area contributed by atoms with Crippen LogP contribution in [0.15, 0.2) is 30.3 Å². The van der Waals surface area contributed by atoms with E-state index in [4.69, 9.17) is 19.6 Å². The van der Waals surface area contributed by atoms with Gasteiger partial charge in [0.05, 0.1) is 19.7 Å². The number of anilines is 1. The molecule has 3 rings (SSSR count). The Morgan fingerprint density at radius 1 is 1.14 bits per heavy atom. The summed E-state index contributed by atoms with van der Waals surface area (Å²) in [5.74, 6) is -1.07. The third kappa shape index (κ3) is 6.07. The van der Waals surface area contributed by atoms with Gasteiger partial charge in [-0.2, -0.15) is 8.78 Å². The number of rotatable bonds is 13. The van der Waals surface area contributed by atoms with Crippen LogP contribution in [0.4, 0.5) is 14.6 Å². The smallest absolute Gasteiger partial charge is 0.295 e. The molecule has 0 fully saturated rings. The van der Waals surface area contributed by atoms with E-state index in [1.807, 2.05) is 13.0 Å². The molecule has 2 N–H and O–H groups in total. The average Bonchev–Trinajstić information content (AvgIpc) is 2.88. The lowest BCUT2D eigenvalue weighted by Gasteiger charge is -2.21. The predicted octanol–water partition coefficient (Wildman–Crippen LogP) is 5.51. The molecule has 0 unspecified atom stereocenters. The standard InChI is InChI=1S/C27H33F2N3O4/c1-17(19-10-9-11-20(14-19)27(28,29)16-34)30-26-22-15-23(35-3)25(36-4)21(12-7-5-6-8-13-33)24(22)31-18(2)32-26/h9-11,13-15,17,34H,5-8,12,16H2,1-4H3,(H,30,31,32)/t17-/m1/s1. The summed E-state index contributed by atoms with van der Waals surface area (Å²) < 4.78 is 39.4. The zero-order chi connectivity index (χ0) is 26.3. The first-order valence-electron chi connectivity index (χ1n) is 12.0. The number of carbonyl (C=O) groups excluding carboxylic acids is 1. The number of aliphatic hydroxyl groups excluding tert-OH is 1. The van der Waals surface area contributed by atoms with E-state index >= 15 is 0 Å². The maximum atomic E-state index is 14.1. The van der Waals surface area contributed by atoms with Crippen molar-refractivity contribution >= 4 is 23.0 Å². The van der Waals surface area contributed by atoms with Crippen molar-refractivity contribution in [3.63, 3.8) is 0 Å². The summed E-state index contributed by atoms with van der Waals surface area (Å²) in [5.41, 5.74) is 2.00. The van der Waals surface area contributed by atoms with Gasteiger partial charge in [0, 0.05) is 29.0 Å². The summed E-state index contributed by atoms with van der Waals surface area (Å²) >= 11 is 0. The molecule has 0 aliphatic carbocycles. The molecule has 0 bridgehead atoms. The van der Waals surface area contributed by atoms with E-state index in [2.05, 4.69) is 10.3 Å². The Balaban J connectivity index is 2.02. The maximum absolute atomic E-state index is 14.1. The number of hydrogen-bond acceptors (Lipinski definition) is 7. The minimum Gasteiger partial charge on any atom is -0.493 e. The lowest BCUT2D eigenvalue weighted by atomic mass is 10.00. The second kappa shape index (κ2) is 12.1. The van der Waals surface area contributed by atoms with E-state index in [0.29, 0.717) is 41.5 Å². The molecule has 0 spiro atoms. The zero-order valence-corrected chi connectivity index (χ0v) is 21.1. The number of ether oxygens (including phenoxy) is 2. The van der Waals surface area contributed by atoms with Crippen LogP contribution in [0, 0.1) is 6.92 Å².